The summed E-state index contributed by atoms with van der Waals surface area (Å²) in [4.78, 5) is 0. The fourth-order valence-corrected chi connectivity index (χ4v) is 0. The second kappa shape index (κ2) is 8.46. The van der Waals surface area contributed by atoms with Gasteiger partial charge in [-0.3, -0.25) is 0 Å². The van der Waals surface area contributed by atoms with Crippen molar-refractivity contribution in [3.05, 3.63) is 0 Å². The second-order valence-corrected chi connectivity index (χ2v) is 6.81. The Bertz CT molecular complexity index is 596. The van der Waals surface area contributed by atoms with E-state index < -0.39 is 46.9 Å². The third kappa shape index (κ3) is 14.2. The van der Waals surface area contributed by atoms with Crippen molar-refractivity contribution in [3.8, 4) is 0 Å². The van der Waals surface area contributed by atoms with E-state index in [4.69, 9.17) is 38.9 Å². The maximum absolute atomic E-state index is 10.7. The van der Waals surface area contributed by atoms with Gasteiger partial charge in [0.2, 0.25) is 0 Å². The van der Waals surface area contributed by atoms with Crippen molar-refractivity contribution >= 4 is 30.4 Å². The molecule has 0 rings (SSSR count). The van der Waals surface area contributed by atoms with Crippen LogP contribution in [0.2, 0.25) is 0 Å². The smallest absolute Gasteiger partial charge is 0.485 e. The Kier molecular flexibility index (Phi) is 10.5. The van der Waals surface area contributed by atoms with Crippen molar-refractivity contribution < 1.29 is 78.4 Å². The van der Waals surface area contributed by atoms with E-state index in [1.807, 2.05) is 0 Å². The van der Waals surface area contributed by atoms with Crippen LogP contribution in [0.25, 0.3) is 0 Å². The van der Waals surface area contributed by atoms with Gasteiger partial charge < -0.3 is 13.7 Å². The molecular weight excluding hydrogens is 694 g/mol. The van der Waals surface area contributed by atoms with Gasteiger partial charge in [-0.05, 0) is 0 Å². The molecule has 158 valence electrons. The van der Waals surface area contributed by atoms with Gasteiger partial charge in [0, 0.05) is 0 Å². The third-order valence-electron chi connectivity index (χ3n) is 0.850. The topological polar surface area (TPSA) is 172 Å². The van der Waals surface area contributed by atoms with Crippen LogP contribution < -0.4 is 0 Å². The molecule has 0 aliphatic heterocycles. The number of halogens is 9. The van der Waals surface area contributed by atoms with E-state index in [9.17, 15) is 39.5 Å². The van der Waals surface area contributed by atoms with Crippen LogP contribution in [-0.2, 0) is 30.4 Å². The molecule has 25 heavy (non-hydrogen) atoms. The zero-order chi connectivity index (χ0) is 21.0. The standard InChI is InChI=1S/3CHF3O3S.Cm/c3*2-1(3,4)8(5,6)7;/h3*(H,5,6,7);/p-3. The summed E-state index contributed by atoms with van der Waals surface area (Å²) in [7, 11) is -18.3. The van der Waals surface area contributed by atoms with E-state index in [0.717, 1.165) is 0 Å². The Morgan fingerprint density at radius 3 is 0.480 bits per heavy atom. The summed E-state index contributed by atoms with van der Waals surface area (Å²) in [5, 5.41) is 0. The van der Waals surface area contributed by atoms with Gasteiger partial charge in [0.25, 0.3) is 0 Å². The molecule has 0 saturated heterocycles. The summed E-state index contributed by atoms with van der Waals surface area (Å²) in [5.74, 6) is 0. The first-order valence-corrected chi connectivity index (χ1v) is 8.04. The van der Waals surface area contributed by atoms with Gasteiger partial charge >= 0.3 is 16.5 Å². The Labute approximate surface area is 126 Å². The molecule has 0 spiro atoms. The zero-order valence-corrected chi connectivity index (χ0v) is 15.5. The molecule has 0 N–H and O–H groups in total. The fraction of sp³-hybridized carbons (Fsp3) is 1.00. The molecule has 9 nitrogen and oxygen atoms in total. The van der Waals surface area contributed by atoms with Crippen LogP contribution in [0.4, 0.5) is 39.5 Å². The van der Waals surface area contributed by atoms with E-state index in [1.165, 1.54) is 0 Å². The first-order chi connectivity index (χ1) is 9.75. The molecule has 0 heterocycles. The van der Waals surface area contributed by atoms with Crippen molar-refractivity contribution in [2.45, 2.75) is 16.5 Å². The molecule has 22 heteroatoms. The average Bonchev–Trinajstić information content (AvgIpc) is 2.08. The number of hydrogen-bond donors (Lipinski definition) is 0. The van der Waals surface area contributed by atoms with Crippen LogP contribution in [-0.4, -0.2) is 55.4 Å². The maximum atomic E-state index is 10.7. The van der Waals surface area contributed by atoms with Crippen molar-refractivity contribution in [1.82, 2.24) is 0 Å². The van der Waals surface area contributed by atoms with E-state index in [-0.39, 0.29) is 0 Å². The fourth-order valence-electron chi connectivity index (χ4n) is 0. The van der Waals surface area contributed by atoms with Gasteiger partial charge in [-0.1, -0.05) is 0 Å². The zero-order valence-electron chi connectivity index (χ0n) is 10.2. The van der Waals surface area contributed by atoms with Crippen LogP contribution in [0.5, 0.6) is 0 Å². The molecule has 0 aromatic heterocycles. The second-order valence-electron chi connectivity index (χ2n) is 2.70. The van der Waals surface area contributed by atoms with Crippen LogP contribution >= 0.6 is 0 Å². The monoisotopic (exact) mass is 690 g/mol. The minimum Gasteiger partial charge on any atom is -0.741 e. The normalized spacial score (nSPS) is 13.4. The van der Waals surface area contributed by atoms with Gasteiger partial charge in [-0.15, -0.1) is 0 Å². The molecule has 0 aliphatic rings. The van der Waals surface area contributed by atoms with Crippen LogP contribution in [0, 0.1) is 0 Å². The molecule has 0 amide bonds. The van der Waals surface area contributed by atoms with Gasteiger partial charge in [0.05, 0.1) is 0 Å². The quantitative estimate of drug-likeness (QED) is 0.195. The Morgan fingerprint density at radius 2 is 0.480 bits per heavy atom. The van der Waals surface area contributed by atoms with Crippen LogP contribution in [0.3, 0.4) is 0 Å². The molecule has 0 fully saturated rings. The van der Waals surface area contributed by atoms with Gasteiger partial charge in [-0.2, -0.15) is 39.5 Å². The SMILES string of the molecule is O=S(=O)([O-])C(F)(F)F.O=S(=O)([O-])C(F)(F)F.O=S(=O)([O-])C(F)(F)F.[Cm]. The average molecular weight is 694 g/mol. The van der Waals surface area contributed by atoms with E-state index in [0.29, 0.717) is 0 Å². The van der Waals surface area contributed by atoms with Crippen LogP contribution in [0.15, 0.2) is 0 Å². The molecule has 0 bridgehead atoms. The van der Waals surface area contributed by atoms with Gasteiger partial charge in [0.1, 0.15) is 0 Å². The van der Waals surface area contributed by atoms with Gasteiger partial charge in [0.15, 0.2) is 30.4 Å². The summed E-state index contributed by atoms with van der Waals surface area (Å²) >= 11 is 0. The number of hydrogen-bond acceptors (Lipinski definition) is 9. The summed E-state index contributed by atoms with van der Waals surface area (Å²) in [6.07, 6.45) is 0. The molecule has 0 aliphatic carbocycles. The van der Waals surface area contributed by atoms with Crippen molar-refractivity contribution in [1.29, 1.82) is 0 Å². The van der Waals surface area contributed by atoms with E-state index in [1.54, 1.807) is 0 Å². The Balaban J connectivity index is -0.000000130. The summed E-state index contributed by atoms with van der Waals surface area (Å²) in [6.45, 7) is 0. The van der Waals surface area contributed by atoms with Crippen molar-refractivity contribution in [3.63, 3.8) is 0 Å². The first-order valence-electron chi connectivity index (χ1n) is 3.81. The largest absolute Gasteiger partial charge is 0.741 e. The van der Waals surface area contributed by atoms with Gasteiger partial charge in [-0.25, -0.2) is 25.3 Å². The minimum atomic E-state index is -6.09. The maximum Gasteiger partial charge on any atom is 0.485 e. The number of alkyl halides is 9. The molecular formula is C3CmF9O9S3-3. The predicted octanol–water partition coefficient (Wildman–Crippen LogP) is 0.154. The minimum absolute atomic E-state index is 0. The molecule has 0 aromatic rings. The van der Waals surface area contributed by atoms with Crippen LogP contribution in [0.1, 0.15) is 0 Å². The Hall–Kier alpha value is -1.90. The third-order valence-corrected chi connectivity index (χ3v) is 2.55. The number of rotatable bonds is 0. The van der Waals surface area contributed by atoms with Crippen molar-refractivity contribution in [2.75, 3.05) is 0 Å². The molecule has 0 aromatic carbocycles. The van der Waals surface area contributed by atoms with E-state index >= 15 is 0 Å². The summed E-state index contributed by atoms with van der Waals surface area (Å²) in [5.41, 5.74) is -16.9. The Morgan fingerprint density at radius 1 is 0.440 bits per heavy atom. The predicted molar refractivity (Wildman–Crippen MR) is 47.3 cm³/mol. The molecule has 0 radical (unpaired) electrons. The molecule has 0 saturated carbocycles. The molecule has 0 atom stereocenters. The van der Waals surface area contributed by atoms with Crippen molar-refractivity contribution in [2.24, 2.45) is 0 Å². The molecule has 0 unspecified atom stereocenters. The van der Waals surface area contributed by atoms with E-state index in [2.05, 4.69) is 0 Å². The summed E-state index contributed by atoms with van der Waals surface area (Å²) < 4.78 is 177. The first kappa shape index (κ1) is 30.9. The summed E-state index contributed by atoms with van der Waals surface area (Å²) in [6, 6.07) is 0.